The van der Waals surface area contributed by atoms with Crippen molar-refractivity contribution >= 4 is 22.8 Å². The van der Waals surface area contributed by atoms with Gasteiger partial charge in [0.1, 0.15) is 11.6 Å². The molecule has 0 spiro atoms. The molecule has 1 heterocycles. The van der Waals surface area contributed by atoms with Gasteiger partial charge in [0.15, 0.2) is 6.61 Å². The zero-order chi connectivity index (χ0) is 22.5. The lowest BCUT2D eigenvalue weighted by atomic mass is 10.0. The van der Waals surface area contributed by atoms with Crippen molar-refractivity contribution in [1.29, 1.82) is 0 Å². The zero-order valence-electron chi connectivity index (χ0n) is 16.8. The van der Waals surface area contributed by atoms with Crippen molar-refractivity contribution in [3.8, 4) is 11.3 Å². The van der Waals surface area contributed by atoms with Crippen molar-refractivity contribution in [2.24, 2.45) is 0 Å². The molecule has 1 N–H and O–H groups in total. The molecule has 0 unspecified atom stereocenters. The number of nitrogens with zero attached hydrogens (tertiary/aromatic N) is 1. The maximum atomic E-state index is 13.3. The van der Waals surface area contributed by atoms with Crippen LogP contribution in [0.4, 0.5) is 8.78 Å². The van der Waals surface area contributed by atoms with Gasteiger partial charge in [-0.25, -0.2) is 18.6 Å². The molecule has 3 aromatic carbocycles. The molecule has 4 rings (SSSR count). The predicted octanol–water partition coefficient (Wildman–Crippen LogP) is 4.65. The van der Waals surface area contributed by atoms with E-state index in [4.69, 9.17) is 4.74 Å². The van der Waals surface area contributed by atoms with Crippen LogP contribution < -0.4 is 5.32 Å². The van der Waals surface area contributed by atoms with E-state index in [9.17, 15) is 18.4 Å². The number of rotatable bonds is 6. The van der Waals surface area contributed by atoms with Gasteiger partial charge in [0.25, 0.3) is 5.91 Å². The van der Waals surface area contributed by atoms with E-state index in [-0.39, 0.29) is 23.7 Å². The number of ether oxygens (including phenoxy) is 1. The first-order chi connectivity index (χ1) is 15.5. The summed E-state index contributed by atoms with van der Waals surface area (Å²) in [6.07, 6.45) is 0. The van der Waals surface area contributed by atoms with Crippen LogP contribution in [-0.4, -0.2) is 23.5 Å². The standard InChI is InChI=1S/C25H18F2N2O3/c26-18-9-5-16(6-10-18)14-28-24(30)15-32-25(31)21-13-23(17-7-11-19(27)12-8-17)29-22-4-2-1-3-20(21)22/h1-13H,14-15H2,(H,28,30). The topological polar surface area (TPSA) is 68.3 Å². The van der Waals surface area contributed by atoms with Gasteiger partial charge in [-0.05, 0) is 54.1 Å². The Morgan fingerprint density at radius 3 is 2.25 bits per heavy atom. The number of nitrogens with one attached hydrogen (secondary N) is 1. The van der Waals surface area contributed by atoms with Crippen molar-refractivity contribution in [3.63, 3.8) is 0 Å². The Kier molecular flexibility index (Phi) is 6.17. The van der Waals surface area contributed by atoms with Gasteiger partial charge in [-0.2, -0.15) is 0 Å². The molecule has 1 aromatic heterocycles. The SMILES string of the molecule is O=C(COC(=O)c1cc(-c2ccc(F)cc2)nc2ccccc12)NCc1ccc(F)cc1. The van der Waals surface area contributed by atoms with Gasteiger partial charge in [-0.15, -0.1) is 0 Å². The van der Waals surface area contributed by atoms with E-state index < -0.39 is 18.5 Å². The molecule has 0 bridgehead atoms. The second-order valence-electron chi connectivity index (χ2n) is 7.06. The minimum atomic E-state index is -0.677. The Hall–Kier alpha value is -4.13. The molecule has 0 saturated carbocycles. The third-order valence-corrected chi connectivity index (χ3v) is 4.81. The fourth-order valence-electron chi connectivity index (χ4n) is 3.18. The molecule has 0 saturated heterocycles. The lowest BCUT2D eigenvalue weighted by Crippen LogP contribution is -2.28. The molecule has 0 atom stereocenters. The normalized spacial score (nSPS) is 10.7. The van der Waals surface area contributed by atoms with Crippen LogP contribution in [0.15, 0.2) is 78.9 Å². The largest absolute Gasteiger partial charge is 0.452 e. The van der Waals surface area contributed by atoms with Crippen LogP contribution in [0.2, 0.25) is 0 Å². The number of halogens is 2. The van der Waals surface area contributed by atoms with Crippen LogP contribution in [0.5, 0.6) is 0 Å². The molecular weight excluding hydrogens is 414 g/mol. The van der Waals surface area contributed by atoms with E-state index in [1.807, 2.05) is 0 Å². The van der Waals surface area contributed by atoms with E-state index in [1.165, 1.54) is 24.3 Å². The number of pyridine rings is 1. The summed E-state index contributed by atoms with van der Waals surface area (Å²) in [5.74, 6) is -1.90. The van der Waals surface area contributed by atoms with Gasteiger partial charge in [0.05, 0.1) is 16.8 Å². The first-order valence-corrected chi connectivity index (χ1v) is 9.83. The van der Waals surface area contributed by atoms with Gasteiger partial charge in [0.2, 0.25) is 0 Å². The van der Waals surface area contributed by atoms with Gasteiger partial charge >= 0.3 is 5.97 Å². The Labute approximate surface area is 182 Å². The number of aromatic nitrogens is 1. The Morgan fingerprint density at radius 1 is 0.875 bits per heavy atom. The lowest BCUT2D eigenvalue weighted by Gasteiger charge is -2.10. The van der Waals surface area contributed by atoms with Gasteiger partial charge in [-0.3, -0.25) is 4.79 Å². The summed E-state index contributed by atoms with van der Waals surface area (Å²) >= 11 is 0. The average Bonchev–Trinajstić information content (AvgIpc) is 2.82. The summed E-state index contributed by atoms with van der Waals surface area (Å²) in [5.41, 5.74) is 2.66. The maximum Gasteiger partial charge on any atom is 0.339 e. The third-order valence-electron chi connectivity index (χ3n) is 4.81. The number of benzene rings is 3. The van der Waals surface area contributed by atoms with Crippen molar-refractivity contribution in [2.45, 2.75) is 6.54 Å². The Balaban J connectivity index is 1.49. The summed E-state index contributed by atoms with van der Waals surface area (Å²) < 4.78 is 31.5. The summed E-state index contributed by atoms with van der Waals surface area (Å²) in [7, 11) is 0. The third kappa shape index (κ3) is 4.95. The monoisotopic (exact) mass is 432 g/mol. The van der Waals surface area contributed by atoms with Gasteiger partial charge in [0, 0.05) is 17.5 Å². The maximum absolute atomic E-state index is 13.3. The molecule has 7 heteroatoms. The second kappa shape index (κ2) is 9.34. The van der Waals surface area contributed by atoms with E-state index >= 15 is 0 Å². The molecule has 4 aromatic rings. The summed E-state index contributed by atoms with van der Waals surface area (Å²) in [6.45, 7) is -0.286. The quantitative estimate of drug-likeness (QED) is 0.450. The highest BCUT2D eigenvalue weighted by Gasteiger charge is 2.16. The molecule has 5 nitrogen and oxygen atoms in total. The lowest BCUT2D eigenvalue weighted by molar-refractivity contribution is -0.124. The van der Waals surface area contributed by atoms with Crippen LogP contribution in [0.3, 0.4) is 0 Å². The minimum absolute atomic E-state index is 0.184. The highest BCUT2D eigenvalue weighted by molar-refractivity contribution is 6.05. The molecule has 0 aliphatic rings. The predicted molar refractivity (Wildman–Crippen MR) is 116 cm³/mol. The van der Waals surface area contributed by atoms with Crippen molar-refractivity contribution < 1.29 is 23.1 Å². The number of fused-ring (bicyclic) bond motifs is 1. The summed E-state index contributed by atoms with van der Waals surface area (Å²) in [5, 5.41) is 3.20. The zero-order valence-corrected chi connectivity index (χ0v) is 16.8. The van der Waals surface area contributed by atoms with Gasteiger partial charge < -0.3 is 10.1 Å². The van der Waals surface area contributed by atoms with Crippen molar-refractivity contribution in [3.05, 3.63) is 102 Å². The Morgan fingerprint density at radius 2 is 1.53 bits per heavy atom. The Bertz CT molecular complexity index is 1270. The van der Waals surface area contributed by atoms with Gasteiger partial charge in [-0.1, -0.05) is 30.3 Å². The highest BCUT2D eigenvalue weighted by Crippen LogP contribution is 2.25. The van der Waals surface area contributed by atoms with Crippen LogP contribution >= 0.6 is 0 Å². The first-order valence-electron chi connectivity index (χ1n) is 9.83. The number of esters is 1. The molecule has 1 amide bonds. The molecule has 0 radical (unpaired) electrons. The van der Waals surface area contributed by atoms with E-state index in [1.54, 1.807) is 54.6 Å². The average molecular weight is 432 g/mol. The van der Waals surface area contributed by atoms with E-state index in [0.717, 1.165) is 5.56 Å². The number of para-hydroxylation sites is 1. The number of carbonyl (C=O) groups excluding carboxylic acids is 2. The molecule has 0 aliphatic heterocycles. The highest BCUT2D eigenvalue weighted by atomic mass is 19.1. The van der Waals surface area contributed by atoms with E-state index in [0.29, 0.717) is 22.2 Å². The van der Waals surface area contributed by atoms with Crippen LogP contribution in [0.25, 0.3) is 22.2 Å². The molecule has 0 fully saturated rings. The fraction of sp³-hybridized carbons (Fsp3) is 0.0800. The van der Waals surface area contributed by atoms with Crippen molar-refractivity contribution in [2.75, 3.05) is 6.61 Å². The molecular formula is C25H18F2N2O3. The van der Waals surface area contributed by atoms with Crippen LogP contribution in [-0.2, 0) is 16.1 Å². The number of hydrogen-bond donors (Lipinski definition) is 1. The van der Waals surface area contributed by atoms with Crippen molar-refractivity contribution in [1.82, 2.24) is 10.3 Å². The molecule has 0 aliphatic carbocycles. The number of hydrogen-bond acceptors (Lipinski definition) is 4. The van der Waals surface area contributed by atoms with Crippen LogP contribution in [0.1, 0.15) is 15.9 Å². The second-order valence-corrected chi connectivity index (χ2v) is 7.06. The summed E-state index contributed by atoms with van der Waals surface area (Å²) in [6, 6.07) is 20.1. The smallest absolute Gasteiger partial charge is 0.339 e. The minimum Gasteiger partial charge on any atom is -0.452 e. The number of carbonyl (C=O) groups is 2. The number of amides is 1. The molecule has 32 heavy (non-hydrogen) atoms. The summed E-state index contributed by atoms with van der Waals surface area (Å²) in [4.78, 5) is 29.4. The fourth-order valence-corrected chi connectivity index (χ4v) is 3.18. The first kappa shape index (κ1) is 21.1. The molecule has 160 valence electrons. The van der Waals surface area contributed by atoms with Crippen LogP contribution in [0, 0.1) is 11.6 Å². The van der Waals surface area contributed by atoms with E-state index in [2.05, 4.69) is 10.3 Å².